The van der Waals surface area contributed by atoms with Crippen molar-refractivity contribution in [1.82, 2.24) is 10.1 Å². The molecule has 0 aliphatic rings. The molecular weight excluding hydrogens is 335 g/mol. The first-order valence-corrected chi connectivity index (χ1v) is 7.32. The number of hydrogen-bond donors (Lipinski definition) is 1. The van der Waals surface area contributed by atoms with Crippen LogP contribution in [0.15, 0.2) is 47.0 Å². The van der Waals surface area contributed by atoms with E-state index in [0.29, 0.717) is 17.1 Å². The number of alkyl halides is 3. The number of ether oxygens (including phenoxy) is 1. The number of nitrogens with two attached hydrogens (primary N) is 1. The monoisotopic (exact) mass is 349 g/mol. The van der Waals surface area contributed by atoms with Crippen molar-refractivity contribution in [3.8, 4) is 28.6 Å². The van der Waals surface area contributed by atoms with Crippen molar-refractivity contribution in [2.45, 2.75) is 13.1 Å². The molecule has 5 nitrogen and oxygen atoms in total. The Hall–Kier alpha value is -3.03. The van der Waals surface area contributed by atoms with Crippen LogP contribution in [0.25, 0.3) is 22.8 Å². The number of halogens is 3. The first-order valence-electron chi connectivity index (χ1n) is 7.32. The molecule has 0 bridgehead atoms. The Morgan fingerprint density at radius 1 is 1.16 bits per heavy atom. The van der Waals surface area contributed by atoms with Gasteiger partial charge in [0.1, 0.15) is 5.75 Å². The van der Waals surface area contributed by atoms with Gasteiger partial charge in [0.05, 0.1) is 0 Å². The van der Waals surface area contributed by atoms with Crippen LogP contribution in [0.3, 0.4) is 0 Å². The molecule has 0 radical (unpaired) electrons. The van der Waals surface area contributed by atoms with E-state index in [0.717, 1.165) is 11.1 Å². The predicted octanol–water partition coefficient (Wildman–Crippen LogP) is 4.24. The maximum absolute atomic E-state index is 12.3. The normalized spacial score (nSPS) is 11.5. The predicted molar refractivity (Wildman–Crippen MR) is 85.9 cm³/mol. The van der Waals surface area contributed by atoms with Gasteiger partial charge in [-0.1, -0.05) is 23.4 Å². The van der Waals surface area contributed by atoms with Crippen LogP contribution in [0.4, 0.5) is 18.9 Å². The third kappa shape index (κ3) is 3.90. The summed E-state index contributed by atoms with van der Waals surface area (Å²) in [4.78, 5) is 4.29. The zero-order valence-electron chi connectivity index (χ0n) is 13.2. The van der Waals surface area contributed by atoms with Crippen molar-refractivity contribution in [3.63, 3.8) is 0 Å². The fraction of sp³-hybridized carbons (Fsp3) is 0.176. The number of aromatic nitrogens is 2. The summed E-state index contributed by atoms with van der Waals surface area (Å²) in [6.45, 7) is 0.473. The number of benzene rings is 2. The largest absolute Gasteiger partial charge is 0.484 e. The van der Waals surface area contributed by atoms with Gasteiger partial charge in [0.25, 0.3) is 5.89 Å². The molecule has 0 fully saturated rings. The molecule has 2 N–H and O–H groups in total. The van der Waals surface area contributed by atoms with Gasteiger partial charge >= 0.3 is 6.18 Å². The van der Waals surface area contributed by atoms with Gasteiger partial charge in [-0.25, -0.2) is 0 Å². The van der Waals surface area contributed by atoms with E-state index < -0.39 is 12.8 Å². The summed E-state index contributed by atoms with van der Waals surface area (Å²) in [5, 5.41) is 3.92. The highest BCUT2D eigenvalue weighted by Gasteiger charge is 2.28. The van der Waals surface area contributed by atoms with Crippen LogP contribution in [0.5, 0.6) is 5.75 Å². The Morgan fingerprint density at radius 2 is 1.92 bits per heavy atom. The number of hydrogen-bond acceptors (Lipinski definition) is 5. The number of nitrogens with zero attached hydrogens (tertiary/aromatic N) is 2. The molecule has 0 aliphatic heterocycles. The number of nitrogen functional groups attached to an aromatic ring is 1. The highest BCUT2D eigenvalue weighted by atomic mass is 19.4. The molecule has 8 heteroatoms. The summed E-state index contributed by atoms with van der Waals surface area (Å²) in [5.74, 6) is 0.588. The molecule has 25 heavy (non-hydrogen) atoms. The number of anilines is 1. The third-order valence-corrected chi connectivity index (χ3v) is 3.53. The van der Waals surface area contributed by atoms with E-state index in [1.54, 1.807) is 24.3 Å². The average molecular weight is 349 g/mol. The Bertz CT molecular complexity index is 891. The molecule has 130 valence electrons. The molecule has 1 heterocycles. The first kappa shape index (κ1) is 16.8. The molecule has 0 saturated heterocycles. The van der Waals surface area contributed by atoms with Gasteiger partial charge in [-0.15, -0.1) is 0 Å². The SMILES string of the molecule is Cc1c(N)cccc1-c1noc(-c2cccc(OCC(F)(F)F)c2)n1. The lowest BCUT2D eigenvalue weighted by Gasteiger charge is -2.09. The summed E-state index contributed by atoms with van der Waals surface area (Å²) in [7, 11) is 0. The summed E-state index contributed by atoms with van der Waals surface area (Å²) < 4.78 is 46.7. The van der Waals surface area contributed by atoms with Gasteiger partial charge in [0.15, 0.2) is 6.61 Å². The minimum atomic E-state index is -4.40. The maximum atomic E-state index is 12.3. The van der Waals surface area contributed by atoms with Crippen LogP contribution in [-0.4, -0.2) is 22.9 Å². The highest BCUT2D eigenvalue weighted by molar-refractivity contribution is 5.69. The van der Waals surface area contributed by atoms with Crippen LogP contribution in [0.2, 0.25) is 0 Å². The molecular formula is C17H14F3N3O2. The molecule has 0 atom stereocenters. The van der Waals surface area contributed by atoms with Crippen molar-refractivity contribution in [3.05, 3.63) is 48.0 Å². The zero-order valence-corrected chi connectivity index (χ0v) is 13.2. The Balaban J connectivity index is 1.86. The molecule has 0 unspecified atom stereocenters. The molecule has 0 saturated carbocycles. The van der Waals surface area contributed by atoms with Crippen LogP contribution < -0.4 is 10.5 Å². The van der Waals surface area contributed by atoms with Crippen LogP contribution in [0.1, 0.15) is 5.56 Å². The second kappa shape index (κ2) is 6.46. The summed E-state index contributed by atoms with van der Waals surface area (Å²) >= 11 is 0. The lowest BCUT2D eigenvalue weighted by molar-refractivity contribution is -0.153. The van der Waals surface area contributed by atoms with Gasteiger partial charge in [0, 0.05) is 16.8 Å². The zero-order chi connectivity index (χ0) is 18.0. The molecule has 0 aliphatic carbocycles. The molecule has 2 aromatic carbocycles. The summed E-state index contributed by atoms with van der Waals surface area (Å²) in [5.41, 5.74) is 8.47. The summed E-state index contributed by atoms with van der Waals surface area (Å²) in [6, 6.07) is 11.4. The lowest BCUT2D eigenvalue weighted by Crippen LogP contribution is -2.19. The Morgan fingerprint density at radius 3 is 2.68 bits per heavy atom. The Labute approximate surface area is 141 Å². The second-order valence-electron chi connectivity index (χ2n) is 5.37. The van der Waals surface area contributed by atoms with Crippen molar-refractivity contribution in [2.24, 2.45) is 0 Å². The average Bonchev–Trinajstić information content (AvgIpc) is 3.05. The van der Waals surface area contributed by atoms with Gasteiger partial charge in [-0.05, 0) is 36.8 Å². The van der Waals surface area contributed by atoms with Crippen molar-refractivity contribution in [2.75, 3.05) is 12.3 Å². The smallest absolute Gasteiger partial charge is 0.422 e. The minimum Gasteiger partial charge on any atom is -0.484 e. The molecule has 1 aromatic heterocycles. The maximum Gasteiger partial charge on any atom is 0.422 e. The van der Waals surface area contributed by atoms with E-state index in [4.69, 9.17) is 15.0 Å². The van der Waals surface area contributed by atoms with Crippen LogP contribution in [-0.2, 0) is 0 Å². The van der Waals surface area contributed by atoms with Crippen molar-refractivity contribution < 1.29 is 22.4 Å². The fourth-order valence-electron chi connectivity index (χ4n) is 2.23. The van der Waals surface area contributed by atoms with E-state index >= 15 is 0 Å². The highest BCUT2D eigenvalue weighted by Crippen LogP contribution is 2.29. The molecule has 3 aromatic rings. The van der Waals surface area contributed by atoms with Gasteiger partial charge < -0.3 is 15.0 Å². The van der Waals surface area contributed by atoms with E-state index in [9.17, 15) is 13.2 Å². The van der Waals surface area contributed by atoms with E-state index in [1.807, 2.05) is 13.0 Å². The topological polar surface area (TPSA) is 74.2 Å². The standard InChI is InChI=1S/C17H14F3N3O2/c1-10-13(6-3-7-14(10)21)15-22-16(25-23-15)11-4-2-5-12(8-11)24-9-17(18,19)20/h2-8H,9,21H2,1H3. The lowest BCUT2D eigenvalue weighted by atomic mass is 10.1. The van der Waals surface area contributed by atoms with Gasteiger partial charge in [-0.2, -0.15) is 18.2 Å². The first-order chi connectivity index (χ1) is 11.8. The van der Waals surface area contributed by atoms with Crippen molar-refractivity contribution in [1.29, 1.82) is 0 Å². The van der Waals surface area contributed by atoms with Gasteiger partial charge in [-0.3, -0.25) is 0 Å². The molecule has 0 spiro atoms. The fourth-order valence-corrected chi connectivity index (χ4v) is 2.23. The van der Waals surface area contributed by atoms with Gasteiger partial charge in [0.2, 0.25) is 5.82 Å². The second-order valence-corrected chi connectivity index (χ2v) is 5.37. The van der Waals surface area contributed by atoms with Crippen molar-refractivity contribution >= 4 is 5.69 Å². The minimum absolute atomic E-state index is 0.0645. The van der Waals surface area contributed by atoms with E-state index in [1.165, 1.54) is 12.1 Å². The third-order valence-electron chi connectivity index (χ3n) is 3.53. The quantitative estimate of drug-likeness (QED) is 0.713. The van der Waals surface area contributed by atoms with Crippen LogP contribution >= 0.6 is 0 Å². The molecule has 3 rings (SSSR count). The molecule has 0 amide bonds. The van der Waals surface area contributed by atoms with E-state index in [2.05, 4.69) is 10.1 Å². The van der Waals surface area contributed by atoms with Crippen LogP contribution in [0, 0.1) is 6.92 Å². The van der Waals surface area contributed by atoms with E-state index in [-0.39, 0.29) is 11.6 Å². The number of rotatable bonds is 4. The summed E-state index contributed by atoms with van der Waals surface area (Å²) in [6.07, 6.45) is -4.40. The Kier molecular flexibility index (Phi) is 4.35.